The number of ether oxygens (including phenoxy) is 1. The van der Waals surface area contributed by atoms with E-state index in [4.69, 9.17) is 10.5 Å². The lowest BCUT2D eigenvalue weighted by atomic mass is 10.3. The van der Waals surface area contributed by atoms with Crippen molar-refractivity contribution in [3.8, 4) is 0 Å². The van der Waals surface area contributed by atoms with E-state index in [1.807, 2.05) is 18.3 Å². The first kappa shape index (κ1) is 10.2. The third kappa shape index (κ3) is 4.60. The van der Waals surface area contributed by atoms with Crippen molar-refractivity contribution in [3.05, 3.63) is 30.1 Å². The largest absolute Gasteiger partial charge is 0.377 e. The van der Waals surface area contributed by atoms with Crippen LogP contribution in [0.25, 0.3) is 0 Å². The van der Waals surface area contributed by atoms with Crippen LogP contribution in [-0.4, -0.2) is 18.1 Å². The molecule has 0 aromatic carbocycles. The summed E-state index contributed by atoms with van der Waals surface area (Å²) in [7, 11) is 0. The number of aromatic nitrogens is 1. The van der Waals surface area contributed by atoms with E-state index in [0.717, 1.165) is 31.6 Å². The van der Waals surface area contributed by atoms with E-state index >= 15 is 0 Å². The van der Waals surface area contributed by atoms with Crippen LogP contribution >= 0.6 is 0 Å². The zero-order valence-electron chi connectivity index (χ0n) is 7.78. The Morgan fingerprint density at radius 1 is 1.38 bits per heavy atom. The fourth-order valence-electron chi connectivity index (χ4n) is 1.02. The van der Waals surface area contributed by atoms with Crippen LogP contribution in [0, 0.1) is 0 Å². The summed E-state index contributed by atoms with van der Waals surface area (Å²) in [6.45, 7) is 2.18. The van der Waals surface area contributed by atoms with Crippen LogP contribution in [0.5, 0.6) is 0 Å². The maximum Gasteiger partial charge on any atom is 0.0731 e. The van der Waals surface area contributed by atoms with E-state index < -0.39 is 0 Å². The van der Waals surface area contributed by atoms with Gasteiger partial charge >= 0.3 is 0 Å². The minimum Gasteiger partial charge on any atom is -0.377 e. The summed E-state index contributed by atoms with van der Waals surface area (Å²) >= 11 is 0. The van der Waals surface area contributed by atoms with Gasteiger partial charge in [-0.2, -0.15) is 0 Å². The van der Waals surface area contributed by atoms with E-state index in [2.05, 4.69) is 4.98 Å². The third-order valence-corrected chi connectivity index (χ3v) is 1.73. The van der Waals surface area contributed by atoms with Crippen LogP contribution in [0.3, 0.4) is 0 Å². The molecule has 3 heteroatoms. The highest BCUT2D eigenvalue weighted by molar-refractivity contribution is 5.06. The SMILES string of the molecule is NCCCCOCc1cccnc1. The van der Waals surface area contributed by atoms with Gasteiger partial charge in [0.25, 0.3) is 0 Å². The molecule has 0 saturated carbocycles. The predicted octanol–water partition coefficient (Wildman–Crippen LogP) is 1.34. The summed E-state index contributed by atoms with van der Waals surface area (Å²) in [6, 6.07) is 3.93. The van der Waals surface area contributed by atoms with Crippen LogP contribution in [-0.2, 0) is 11.3 Å². The Labute approximate surface area is 78.9 Å². The van der Waals surface area contributed by atoms with Crippen LogP contribution < -0.4 is 5.73 Å². The first-order valence-electron chi connectivity index (χ1n) is 4.60. The first-order valence-corrected chi connectivity index (χ1v) is 4.60. The fourth-order valence-corrected chi connectivity index (χ4v) is 1.02. The lowest BCUT2D eigenvalue weighted by Gasteiger charge is -2.02. The summed E-state index contributed by atoms with van der Waals surface area (Å²) in [6.07, 6.45) is 5.66. The minimum atomic E-state index is 0.651. The fraction of sp³-hybridized carbons (Fsp3) is 0.500. The van der Waals surface area contributed by atoms with Crippen LogP contribution in [0.15, 0.2) is 24.5 Å². The molecular formula is C10H16N2O. The monoisotopic (exact) mass is 180 g/mol. The molecular weight excluding hydrogens is 164 g/mol. The number of hydrogen-bond donors (Lipinski definition) is 1. The van der Waals surface area contributed by atoms with Gasteiger partial charge in [-0.05, 0) is 31.0 Å². The summed E-state index contributed by atoms with van der Waals surface area (Å²) in [5, 5.41) is 0. The third-order valence-electron chi connectivity index (χ3n) is 1.73. The molecule has 1 aromatic rings. The van der Waals surface area contributed by atoms with Crippen molar-refractivity contribution < 1.29 is 4.74 Å². The van der Waals surface area contributed by atoms with Gasteiger partial charge in [-0.3, -0.25) is 4.98 Å². The van der Waals surface area contributed by atoms with Crippen molar-refractivity contribution in [2.75, 3.05) is 13.2 Å². The molecule has 1 aromatic heterocycles. The molecule has 0 fully saturated rings. The number of pyridine rings is 1. The molecule has 72 valence electrons. The number of nitrogens with zero attached hydrogens (tertiary/aromatic N) is 1. The maximum atomic E-state index is 5.43. The molecule has 2 N–H and O–H groups in total. The second kappa shape index (κ2) is 6.57. The van der Waals surface area contributed by atoms with Crippen molar-refractivity contribution in [3.63, 3.8) is 0 Å². The highest BCUT2D eigenvalue weighted by Gasteiger charge is 1.91. The molecule has 0 aliphatic rings. The van der Waals surface area contributed by atoms with Gasteiger partial charge in [-0.15, -0.1) is 0 Å². The molecule has 0 radical (unpaired) electrons. The van der Waals surface area contributed by atoms with E-state index in [1.54, 1.807) is 6.20 Å². The van der Waals surface area contributed by atoms with Gasteiger partial charge in [0, 0.05) is 19.0 Å². The van der Waals surface area contributed by atoms with Crippen molar-refractivity contribution in [1.82, 2.24) is 4.98 Å². The highest BCUT2D eigenvalue weighted by Crippen LogP contribution is 1.99. The summed E-state index contributed by atoms with van der Waals surface area (Å²) < 4.78 is 5.43. The zero-order chi connectivity index (χ0) is 9.36. The number of hydrogen-bond acceptors (Lipinski definition) is 3. The number of nitrogens with two attached hydrogens (primary N) is 1. The molecule has 0 atom stereocenters. The predicted molar refractivity (Wildman–Crippen MR) is 52.2 cm³/mol. The zero-order valence-corrected chi connectivity index (χ0v) is 7.78. The molecule has 3 nitrogen and oxygen atoms in total. The van der Waals surface area contributed by atoms with Gasteiger partial charge < -0.3 is 10.5 Å². The quantitative estimate of drug-likeness (QED) is 0.672. The Kier molecular flexibility index (Phi) is 5.13. The molecule has 1 heterocycles. The second-order valence-electron chi connectivity index (χ2n) is 2.91. The van der Waals surface area contributed by atoms with E-state index in [1.165, 1.54) is 0 Å². The Balaban J connectivity index is 2.07. The molecule has 0 amide bonds. The molecule has 0 bridgehead atoms. The van der Waals surface area contributed by atoms with E-state index in [-0.39, 0.29) is 0 Å². The Morgan fingerprint density at radius 3 is 3.00 bits per heavy atom. The van der Waals surface area contributed by atoms with E-state index in [9.17, 15) is 0 Å². The standard InChI is InChI=1S/C10H16N2O/c11-5-1-2-7-13-9-10-4-3-6-12-8-10/h3-4,6,8H,1-2,5,7,9,11H2. The van der Waals surface area contributed by atoms with Crippen molar-refractivity contribution in [2.24, 2.45) is 5.73 Å². The lowest BCUT2D eigenvalue weighted by molar-refractivity contribution is 0.117. The smallest absolute Gasteiger partial charge is 0.0731 e. The van der Waals surface area contributed by atoms with E-state index in [0.29, 0.717) is 6.61 Å². The van der Waals surface area contributed by atoms with Gasteiger partial charge in [0.05, 0.1) is 6.61 Å². The van der Waals surface area contributed by atoms with Crippen molar-refractivity contribution in [2.45, 2.75) is 19.4 Å². The van der Waals surface area contributed by atoms with Gasteiger partial charge in [-0.1, -0.05) is 6.07 Å². The van der Waals surface area contributed by atoms with Gasteiger partial charge in [-0.25, -0.2) is 0 Å². The van der Waals surface area contributed by atoms with Gasteiger partial charge in [0.2, 0.25) is 0 Å². The molecule has 13 heavy (non-hydrogen) atoms. The molecule has 0 aliphatic heterocycles. The molecule has 0 aliphatic carbocycles. The molecule has 0 unspecified atom stereocenters. The Morgan fingerprint density at radius 2 is 2.31 bits per heavy atom. The van der Waals surface area contributed by atoms with Crippen molar-refractivity contribution in [1.29, 1.82) is 0 Å². The first-order chi connectivity index (χ1) is 6.43. The molecule has 1 rings (SSSR count). The summed E-state index contributed by atoms with van der Waals surface area (Å²) in [4.78, 5) is 4.00. The normalized spacial score (nSPS) is 10.2. The average molecular weight is 180 g/mol. The second-order valence-corrected chi connectivity index (χ2v) is 2.91. The number of unbranched alkanes of at least 4 members (excludes halogenated alkanes) is 1. The van der Waals surface area contributed by atoms with Crippen LogP contribution in [0.1, 0.15) is 18.4 Å². The Bertz CT molecular complexity index is 213. The molecule has 0 spiro atoms. The van der Waals surface area contributed by atoms with Crippen LogP contribution in [0.4, 0.5) is 0 Å². The van der Waals surface area contributed by atoms with Crippen molar-refractivity contribution >= 4 is 0 Å². The highest BCUT2D eigenvalue weighted by atomic mass is 16.5. The summed E-state index contributed by atoms with van der Waals surface area (Å²) in [5.41, 5.74) is 6.48. The molecule has 0 saturated heterocycles. The van der Waals surface area contributed by atoms with Gasteiger partial charge in [0.1, 0.15) is 0 Å². The van der Waals surface area contributed by atoms with Gasteiger partial charge in [0.15, 0.2) is 0 Å². The lowest BCUT2D eigenvalue weighted by Crippen LogP contribution is -2.02. The van der Waals surface area contributed by atoms with Crippen LogP contribution in [0.2, 0.25) is 0 Å². The summed E-state index contributed by atoms with van der Waals surface area (Å²) in [5.74, 6) is 0. The topological polar surface area (TPSA) is 48.1 Å². The maximum absolute atomic E-state index is 5.43. The minimum absolute atomic E-state index is 0.651. The average Bonchev–Trinajstić information content (AvgIpc) is 2.19. The number of rotatable bonds is 6. The Hall–Kier alpha value is -0.930.